The lowest BCUT2D eigenvalue weighted by atomic mass is 10.1. The number of anilines is 2. The van der Waals surface area contributed by atoms with Gasteiger partial charge in [0, 0.05) is 30.8 Å². The number of hydrogen-bond acceptors (Lipinski definition) is 5. The number of aryl methyl sites for hydroxylation is 1. The normalized spacial score (nSPS) is 10.3. The van der Waals surface area contributed by atoms with Gasteiger partial charge in [0.1, 0.15) is 5.69 Å². The number of rotatable bonds is 6. The number of nitrogens with zero attached hydrogens (tertiary/aromatic N) is 3. The van der Waals surface area contributed by atoms with Crippen molar-refractivity contribution in [2.24, 2.45) is 0 Å². The van der Waals surface area contributed by atoms with Crippen LogP contribution in [0.4, 0.5) is 11.6 Å². The second-order valence-corrected chi connectivity index (χ2v) is 5.48. The molecule has 0 aliphatic heterocycles. The van der Waals surface area contributed by atoms with Gasteiger partial charge in [-0.25, -0.2) is 9.97 Å². The first-order valence-corrected chi connectivity index (χ1v) is 8.10. The largest absolute Gasteiger partial charge is 0.350 e. The van der Waals surface area contributed by atoms with Gasteiger partial charge in [0.25, 0.3) is 5.91 Å². The van der Waals surface area contributed by atoms with Crippen LogP contribution in [0.15, 0.2) is 61.1 Å². The lowest BCUT2D eigenvalue weighted by Gasteiger charge is -2.08. The number of nitrogens with one attached hydrogen (secondary N) is 2. The predicted octanol–water partition coefficient (Wildman–Crippen LogP) is 3.30. The molecular formula is C19H19N5O. The van der Waals surface area contributed by atoms with Gasteiger partial charge in [-0.3, -0.25) is 9.78 Å². The van der Waals surface area contributed by atoms with Crippen LogP contribution in [0, 0.1) is 0 Å². The van der Waals surface area contributed by atoms with Gasteiger partial charge in [-0.15, -0.1) is 0 Å². The lowest BCUT2D eigenvalue weighted by Crippen LogP contribution is -2.15. The number of benzene rings is 1. The Morgan fingerprint density at radius 2 is 1.88 bits per heavy atom. The third-order valence-electron chi connectivity index (χ3n) is 3.68. The van der Waals surface area contributed by atoms with E-state index in [1.807, 2.05) is 36.4 Å². The summed E-state index contributed by atoms with van der Waals surface area (Å²) >= 11 is 0. The maximum Gasteiger partial charge on any atom is 0.274 e. The predicted molar refractivity (Wildman–Crippen MR) is 97.4 cm³/mol. The molecule has 0 aliphatic rings. The Bertz CT molecular complexity index is 834. The van der Waals surface area contributed by atoms with Crippen molar-refractivity contribution >= 4 is 17.5 Å². The first kappa shape index (κ1) is 16.6. The second kappa shape index (κ2) is 8.01. The number of carbonyl (C=O) groups excluding carboxylic acids is 1. The topological polar surface area (TPSA) is 79.8 Å². The van der Waals surface area contributed by atoms with Gasteiger partial charge in [-0.05, 0) is 41.8 Å². The van der Waals surface area contributed by atoms with Crippen LogP contribution in [-0.4, -0.2) is 20.9 Å². The van der Waals surface area contributed by atoms with Crippen molar-refractivity contribution in [2.75, 3.05) is 10.6 Å². The van der Waals surface area contributed by atoms with E-state index in [1.165, 1.54) is 5.56 Å². The van der Waals surface area contributed by atoms with Crippen molar-refractivity contribution in [1.82, 2.24) is 15.0 Å². The Morgan fingerprint density at radius 1 is 1.04 bits per heavy atom. The standard InChI is InChI=1S/C19H19N5O/c1-2-14-5-7-16(8-6-14)23-18(25)17-9-11-21-19(24-17)22-13-15-4-3-10-20-12-15/h3-12H,2,13H2,1H3,(H,23,25)(H,21,22,24). The highest BCUT2D eigenvalue weighted by molar-refractivity contribution is 6.02. The molecule has 0 radical (unpaired) electrons. The summed E-state index contributed by atoms with van der Waals surface area (Å²) in [6.45, 7) is 2.63. The molecule has 0 fully saturated rings. The minimum atomic E-state index is -0.268. The van der Waals surface area contributed by atoms with Crippen molar-refractivity contribution in [3.63, 3.8) is 0 Å². The van der Waals surface area contributed by atoms with E-state index in [-0.39, 0.29) is 5.91 Å². The van der Waals surface area contributed by atoms with Crippen LogP contribution in [0.2, 0.25) is 0 Å². The van der Waals surface area contributed by atoms with E-state index < -0.39 is 0 Å². The van der Waals surface area contributed by atoms with E-state index in [0.29, 0.717) is 18.2 Å². The van der Waals surface area contributed by atoms with Crippen molar-refractivity contribution in [3.05, 3.63) is 77.9 Å². The van der Waals surface area contributed by atoms with Crippen LogP contribution in [0.1, 0.15) is 28.5 Å². The number of hydrogen-bond donors (Lipinski definition) is 2. The monoisotopic (exact) mass is 333 g/mol. The van der Waals surface area contributed by atoms with Crippen LogP contribution >= 0.6 is 0 Å². The molecule has 1 aromatic carbocycles. The van der Waals surface area contributed by atoms with Gasteiger partial charge in [-0.1, -0.05) is 25.1 Å². The number of pyridine rings is 1. The summed E-state index contributed by atoms with van der Waals surface area (Å²) in [4.78, 5) is 24.8. The molecule has 0 atom stereocenters. The van der Waals surface area contributed by atoms with Crippen molar-refractivity contribution in [2.45, 2.75) is 19.9 Å². The molecule has 126 valence electrons. The zero-order valence-electron chi connectivity index (χ0n) is 13.9. The van der Waals surface area contributed by atoms with E-state index in [9.17, 15) is 4.79 Å². The first-order valence-electron chi connectivity index (χ1n) is 8.10. The summed E-state index contributed by atoms with van der Waals surface area (Å²) in [7, 11) is 0. The molecule has 0 bridgehead atoms. The molecule has 2 N–H and O–H groups in total. The van der Waals surface area contributed by atoms with E-state index in [1.54, 1.807) is 24.7 Å². The van der Waals surface area contributed by atoms with Gasteiger partial charge in [0.05, 0.1) is 0 Å². The molecule has 0 aliphatic carbocycles. The SMILES string of the molecule is CCc1ccc(NC(=O)c2ccnc(NCc3cccnc3)n2)cc1. The molecule has 25 heavy (non-hydrogen) atoms. The molecule has 0 saturated heterocycles. The zero-order chi connectivity index (χ0) is 17.5. The highest BCUT2D eigenvalue weighted by Gasteiger charge is 2.09. The Hall–Kier alpha value is -3.28. The highest BCUT2D eigenvalue weighted by atomic mass is 16.1. The van der Waals surface area contributed by atoms with Gasteiger partial charge in [0.15, 0.2) is 0 Å². The summed E-state index contributed by atoms with van der Waals surface area (Å²) in [5, 5.41) is 5.94. The number of carbonyl (C=O) groups is 1. The van der Waals surface area contributed by atoms with Gasteiger partial charge in [0.2, 0.25) is 5.95 Å². The molecule has 2 heterocycles. The van der Waals surface area contributed by atoms with E-state index in [4.69, 9.17) is 0 Å². The van der Waals surface area contributed by atoms with Crippen molar-refractivity contribution < 1.29 is 4.79 Å². The molecule has 0 unspecified atom stereocenters. The molecule has 3 rings (SSSR count). The van der Waals surface area contributed by atoms with Crippen LogP contribution in [0.5, 0.6) is 0 Å². The van der Waals surface area contributed by atoms with Crippen molar-refractivity contribution in [3.8, 4) is 0 Å². The van der Waals surface area contributed by atoms with Crippen LogP contribution in [-0.2, 0) is 13.0 Å². The third-order valence-corrected chi connectivity index (χ3v) is 3.68. The fourth-order valence-corrected chi connectivity index (χ4v) is 2.27. The Balaban J connectivity index is 1.64. The maximum absolute atomic E-state index is 12.4. The number of amides is 1. The average molecular weight is 333 g/mol. The minimum absolute atomic E-state index is 0.268. The first-order chi connectivity index (χ1) is 12.2. The summed E-state index contributed by atoms with van der Waals surface area (Å²) in [5.74, 6) is 0.133. The third kappa shape index (κ3) is 4.60. The fourth-order valence-electron chi connectivity index (χ4n) is 2.27. The zero-order valence-corrected chi connectivity index (χ0v) is 13.9. The van der Waals surface area contributed by atoms with E-state index in [0.717, 1.165) is 17.7 Å². The smallest absolute Gasteiger partial charge is 0.274 e. The van der Waals surface area contributed by atoms with Crippen LogP contribution in [0.3, 0.4) is 0 Å². The summed E-state index contributed by atoms with van der Waals surface area (Å²) in [6.07, 6.45) is 6.02. The molecule has 3 aromatic rings. The molecule has 0 spiro atoms. The average Bonchev–Trinajstić information content (AvgIpc) is 2.68. The maximum atomic E-state index is 12.4. The van der Waals surface area contributed by atoms with Crippen LogP contribution in [0.25, 0.3) is 0 Å². The molecule has 2 aromatic heterocycles. The van der Waals surface area contributed by atoms with Crippen molar-refractivity contribution in [1.29, 1.82) is 0 Å². The molecule has 0 saturated carbocycles. The highest BCUT2D eigenvalue weighted by Crippen LogP contribution is 2.12. The van der Waals surface area contributed by atoms with Gasteiger partial charge >= 0.3 is 0 Å². The Labute approximate surface area is 146 Å². The van der Waals surface area contributed by atoms with Gasteiger partial charge < -0.3 is 10.6 Å². The summed E-state index contributed by atoms with van der Waals surface area (Å²) in [5.41, 5.74) is 3.29. The molecular weight excluding hydrogens is 314 g/mol. The number of aromatic nitrogens is 3. The molecule has 6 heteroatoms. The Kier molecular flexibility index (Phi) is 5.31. The summed E-state index contributed by atoms with van der Waals surface area (Å²) < 4.78 is 0. The van der Waals surface area contributed by atoms with E-state index in [2.05, 4.69) is 32.5 Å². The second-order valence-electron chi connectivity index (χ2n) is 5.48. The van der Waals surface area contributed by atoms with Crippen LogP contribution < -0.4 is 10.6 Å². The lowest BCUT2D eigenvalue weighted by molar-refractivity contribution is 0.102. The Morgan fingerprint density at radius 3 is 2.60 bits per heavy atom. The molecule has 6 nitrogen and oxygen atoms in total. The molecule has 1 amide bonds. The quantitative estimate of drug-likeness (QED) is 0.723. The van der Waals surface area contributed by atoms with E-state index >= 15 is 0 Å². The summed E-state index contributed by atoms with van der Waals surface area (Å²) in [6, 6.07) is 13.2. The van der Waals surface area contributed by atoms with Gasteiger partial charge in [-0.2, -0.15) is 0 Å². The minimum Gasteiger partial charge on any atom is -0.350 e. The fraction of sp³-hybridized carbons (Fsp3) is 0.158.